The average Bonchev–Trinajstić information content (AvgIpc) is 2.13. The normalized spacial score (nSPS) is 28.1. The largest absolute Gasteiger partial charge is 0.328 e. The van der Waals surface area contributed by atoms with Crippen LogP contribution in [-0.2, 0) is 0 Å². The summed E-state index contributed by atoms with van der Waals surface area (Å²) >= 11 is 0. The van der Waals surface area contributed by atoms with E-state index in [-0.39, 0.29) is 45.7 Å². The van der Waals surface area contributed by atoms with Crippen LogP contribution in [0.1, 0.15) is 86.5 Å². The molecular weight excluding hydrogens is 335 g/mol. The Labute approximate surface area is 159 Å². The fraction of sp³-hybridized carbons (Fsp3) is 1.00. The molecule has 0 amide bonds. The molecule has 0 aromatic heterocycles. The van der Waals surface area contributed by atoms with Gasteiger partial charge in [0.2, 0.25) is 0 Å². The van der Waals surface area contributed by atoms with E-state index in [1.807, 2.05) is 0 Å². The van der Waals surface area contributed by atoms with Crippen LogP contribution in [0.3, 0.4) is 0 Å². The van der Waals surface area contributed by atoms with Crippen molar-refractivity contribution < 1.29 is 0 Å². The molecule has 0 radical (unpaired) electrons. The molecule has 2 aliphatic carbocycles. The summed E-state index contributed by atoms with van der Waals surface area (Å²) in [5.41, 5.74) is 12.7. The SMILES string of the molecule is C.CC1(C)CCC[C@@H](N)C1.CC1(C)CCC[C@H](N)C1.Cl.Cl.S. The maximum absolute atomic E-state index is 5.81. The number of hydrogen-bond donors (Lipinski definition) is 2. The van der Waals surface area contributed by atoms with Crippen LogP contribution in [0.5, 0.6) is 0 Å². The van der Waals surface area contributed by atoms with Crippen LogP contribution in [0, 0.1) is 10.8 Å². The highest BCUT2D eigenvalue weighted by Crippen LogP contribution is 2.34. The highest BCUT2D eigenvalue weighted by Gasteiger charge is 2.25. The minimum Gasteiger partial charge on any atom is -0.328 e. The minimum absolute atomic E-state index is 0. The molecule has 0 bridgehead atoms. The zero-order valence-corrected chi connectivity index (χ0v) is 16.9. The molecule has 2 aliphatic rings. The molecular formula is C17H42Cl2N2S. The number of halogens is 2. The van der Waals surface area contributed by atoms with Crippen LogP contribution in [-0.4, -0.2) is 12.1 Å². The summed E-state index contributed by atoms with van der Waals surface area (Å²) in [6, 6.07) is 0.961. The van der Waals surface area contributed by atoms with Gasteiger partial charge >= 0.3 is 0 Å². The van der Waals surface area contributed by atoms with Crippen molar-refractivity contribution in [2.45, 2.75) is 98.6 Å². The summed E-state index contributed by atoms with van der Waals surface area (Å²) in [6.07, 6.45) is 10.3. The van der Waals surface area contributed by atoms with Gasteiger partial charge in [0.05, 0.1) is 0 Å². The first-order valence-electron chi connectivity index (χ1n) is 7.71. The molecule has 4 N–H and O–H groups in total. The molecule has 2 rings (SSSR count). The van der Waals surface area contributed by atoms with Crippen molar-refractivity contribution in [3.05, 3.63) is 0 Å². The Bertz CT molecular complexity index is 235. The zero-order valence-electron chi connectivity index (χ0n) is 14.3. The highest BCUT2D eigenvalue weighted by atomic mass is 35.5. The van der Waals surface area contributed by atoms with Crippen molar-refractivity contribution in [2.75, 3.05) is 0 Å². The summed E-state index contributed by atoms with van der Waals surface area (Å²) in [5.74, 6) is 0. The predicted octanol–water partition coefficient (Wildman–Crippen LogP) is 5.42. The molecule has 0 unspecified atom stereocenters. The Kier molecular flexibility index (Phi) is 18.4. The summed E-state index contributed by atoms with van der Waals surface area (Å²) in [4.78, 5) is 0. The minimum atomic E-state index is 0. The molecule has 2 nitrogen and oxygen atoms in total. The van der Waals surface area contributed by atoms with Crippen LogP contribution in [0.25, 0.3) is 0 Å². The standard InChI is InChI=1S/2C8H17N.CH4.2ClH.H2S/c2*1-8(2)5-3-4-7(9)6-8;;;;/h2*7H,3-6,9H2,1-2H3;1H4;2*1H;1H2/t2*7-;;;;/m10..../s1. The summed E-state index contributed by atoms with van der Waals surface area (Å²) < 4.78 is 0. The third kappa shape index (κ3) is 13.3. The van der Waals surface area contributed by atoms with Crippen molar-refractivity contribution in [3.8, 4) is 0 Å². The first kappa shape index (κ1) is 30.7. The second-order valence-corrected chi connectivity index (χ2v) is 8.04. The lowest BCUT2D eigenvalue weighted by Crippen LogP contribution is -2.32. The molecule has 0 aromatic carbocycles. The van der Waals surface area contributed by atoms with E-state index in [9.17, 15) is 0 Å². The molecule has 0 heterocycles. The topological polar surface area (TPSA) is 52.0 Å². The summed E-state index contributed by atoms with van der Waals surface area (Å²) in [5, 5.41) is 0. The molecule has 5 heteroatoms. The van der Waals surface area contributed by atoms with Crippen LogP contribution in [0.15, 0.2) is 0 Å². The van der Waals surface area contributed by atoms with Gasteiger partial charge in [0.1, 0.15) is 0 Å². The predicted molar refractivity (Wildman–Crippen MR) is 112 cm³/mol. The fourth-order valence-electron chi connectivity index (χ4n) is 3.51. The maximum Gasteiger partial charge on any atom is 0.00439 e. The van der Waals surface area contributed by atoms with E-state index >= 15 is 0 Å². The van der Waals surface area contributed by atoms with E-state index in [0.717, 1.165) is 0 Å². The second kappa shape index (κ2) is 13.2. The molecule has 0 spiro atoms. The van der Waals surface area contributed by atoms with Crippen LogP contribution < -0.4 is 11.5 Å². The second-order valence-electron chi connectivity index (χ2n) is 8.04. The number of rotatable bonds is 0. The van der Waals surface area contributed by atoms with Gasteiger partial charge in [-0.2, -0.15) is 13.5 Å². The van der Waals surface area contributed by atoms with E-state index < -0.39 is 0 Å². The third-order valence-electron chi connectivity index (χ3n) is 4.49. The molecule has 2 fully saturated rings. The molecule has 22 heavy (non-hydrogen) atoms. The van der Waals surface area contributed by atoms with Gasteiger partial charge in [-0.15, -0.1) is 24.8 Å². The fourth-order valence-corrected chi connectivity index (χ4v) is 3.51. The Hall–Kier alpha value is 0.850. The molecule has 0 aliphatic heterocycles. The molecule has 2 saturated carbocycles. The lowest BCUT2D eigenvalue weighted by Gasteiger charge is -2.33. The lowest BCUT2D eigenvalue weighted by molar-refractivity contribution is 0.220. The molecule has 2 atom stereocenters. The van der Waals surface area contributed by atoms with Crippen LogP contribution in [0.4, 0.5) is 0 Å². The monoisotopic (exact) mass is 376 g/mol. The Morgan fingerprint density at radius 1 is 0.727 bits per heavy atom. The third-order valence-corrected chi connectivity index (χ3v) is 4.49. The maximum atomic E-state index is 5.81. The molecule has 140 valence electrons. The van der Waals surface area contributed by atoms with Gasteiger partial charge in [-0.3, -0.25) is 0 Å². The van der Waals surface area contributed by atoms with E-state index in [1.54, 1.807) is 0 Å². The molecule has 0 saturated heterocycles. The van der Waals surface area contributed by atoms with Crippen molar-refractivity contribution >= 4 is 38.3 Å². The smallest absolute Gasteiger partial charge is 0.00439 e. The van der Waals surface area contributed by atoms with E-state index in [1.165, 1.54) is 51.4 Å². The van der Waals surface area contributed by atoms with Gasteiger partial charge < -0.3 is 11.5 Å². The van der Waals surface area contributed by atoms with Crippen molar-refractivity contribution in [1.82, 2.24) is 0 Å². The van der Waals surface area contributed by atoms with Crippen LogP contribution >= 0.6 is 38.3 Å². The Balaban J connectivity index is -0.000000125. The van der Waals surface area contributed by atoms with E-state index in [2.05, 4.69) is 27.7 Å². The van der Waals surface area contributed by atoms with Gasteiger partial charge in [0.25, 0.3) is 0 Å². The zero-order chi connectivity index (χ0) is 13.8. The van der Waals surface area contributed by atoms with E-state index in [4.69, 9.17) is 11.5 Å². The lowest BCUT2D eigenvalue weighted by atomic mass is 9.75. The van der Waals surface area contributed by atoms with Gasteiger partial charge in [-0.25, -0.2) is 0 Å². The van der Waals surface area contributed by atoms with E-state index in [0.29, 0.717) is 22.9 Å². The van der Waals surface area contributed by atoms with Gasteiger partial charge in [-0.05, 0) is 49.4 Å². The molecule has 0 aromatic rings. The van der Waals surface area contributed by atoms with Gasteiger partial charge in [-0.1, -0.05) is 48.0 Å². The Morgan fingerprint density at radius 2 is 1.00 bits per heavy atom. The summed E-state index contributed by atoms with van der Waals surface area (Å²) in [7, 11) is 0. The number of nitrogens with two attached hydrogens (primary N) is 2. The van der Waals surface area contributed by atoms with Crippen molar-refractivity contribution in [2.24, 2.45) is 22.3 Å². The highest BCUT2D eigenvalue weighted by molar-refractivity contribution is 7.59. The van der Waals surface area contributed by atoms with Crippen LogP contribution in [0.2, 0.25) is 0 Å². The van der Waals surface area contributed by atoms with Gasteiger partial charge in [0, 0.05) is 12.1 Å². The summed E-state index contributed by atoms with van der Waals surface area (Å²) in [6.45, 7) is 9.25. The quantitative estimate of drug-likeness (QED) is 0.592. The van der Waals surface area contributed by atoms with Crippen molar-refractivity contribution in [3.63, 3.8) is 0 Å². The first-order chi connectivity index (χ1) is 8.20. The number of hydrogen-bond acceptors (Lipinski definition) is 2. The van der Waals surface area contributed by atoms with Gasteiger partial charge in [0.15, 0.2) is 0 Å². The first-order valence-corrected chi connectivity index (χ1v) is 7.71. The van der Waals surface area contributed by atoms with Crippen molar-refractivity contribution in [1.29, 1.82) is 0 Å². The average molecular weight is 378 g/mol. The Morgan fingerprint density at radius 3 is 1.14 bits per heavy atom.